The molecule has 0 bridgehead atoms. The number of methoxy groups -OCH3 is 1. The average molecular weight is 499 g/mol. The van der Waals surface area contributed by atoms with E-state index in [0.29, 0.717) is 41.9 Å². The molecule has 0 atom stereocenters. The molecule has 1 aromatic heterocycles. The van der Waals surface area contributed by atoms with Gasteiger partial charge in [-0.05, 0) is 49.2 Å². The molecule has 0 radical (unpaired) electrons. The summed E-state index contributed by atoms with van der Waals surface area (Å²) in [4.78, 5) is 30.8. The Bertz CT molecular complexity index is 1430. The summed E-state index contributed by atoms with van der Waals surface area (Å²) in [6.45, 7) is 4.87. The lowest BCUT2D eigenvalue weighted by molar-refractivity contribution is 0.102. The molecule has 3 aromatic rings. The number of rotatable bonds is 7. The van der Waals surface area contributed by atoms with Crippen LogP contribution in [0.5, 0.6) is 5.75 Å². The summed E-state index contributed by atoms with van der Waals surface area (Å²) in [5, 5.41) is 3.23. The van der Waals surface area contributed by atoms with E-state index in [0.717, 1.165) is 31.5 Å². The first kappa shape index (κ1) is 24.9. The molecule has 1 aliphatic heterocycles. The summed E-state index contributed by atoms with van der Waals surface area (Å²) in [6, 6.07) is 9.17. The maximum atomic E-state index is 13.1. The highest BCUT2D eigenvalue weighted by Gasteiger charge is 2.24. The van der Waals surface area contributed by atoms with Crippen LogP contribution in [-0.4, -0.2) is 48.4 Å². The number of aromatic nitrogens is 2. The van der Waals surface area contributed by atoms with E-state index in [1.165, 1.54) is 29.6 Å². The largest absolute Gasteiger partial charge is 0.495 e. The molecule has 1 N–H and O–H groups in total. The molecule has 10 heteroatoms. The minimum atomic E-state index is -3.72. The molecule has 9 nitrogen and oxygen atoms in total. The number of nitrogens with one attached hydrogen (secondary N) is 1. The minimum Gasteiger partial charge on any atom is -0.495 e. The zero-order valence-electron chi connectivity index (χ0n) is 20.2. The molecule has 2 aromatic carbocycles. The molecule has 35 heavy (non-hydrogen) atoms. The fourth-order valence-electron chi connectivity index (χ4n) is 4.41. The molecular weight excluding hydrogens is 468 g/mol. The van der Waals surface area contributed by atoms with Gasteiger partial charge in [-0.25, -0.2) is 13.4 Å². The topological polar surface area (TPSA) is 111 Å². The SMILES string of the molecule is CCN(CC)S(=O)(=O)c1ccc(OC)c(NC(=O)c2ccc3c(=O)n4c(nc3c2)CCCCC4)c1. The first-order valence-corrected chi connectivity index (χ1v) is 13.3. The fraction of sp³-hybridized carbons (Fsp3) is 0.400. The van der Waals surface area contributed by atoms with Crippen molar-refractivity contribution in [2.75, 3.05) is 25.5 Å². The van der Waals surface area contributed by atoms with E-state index in [9.17, 15) is 18.0 Å². The number of sulfonamides is 1. The molecule has 2 heterocycles. The van der Waals surface area contributed by atoms with Gasteiger partial charge in [0.2, 0.25) is 10.0 Å². The Balaban J connectivity index is 1.69. The molecule has 186 valence electrons. The van der Waals surface area contributed by atoms with Crippen LogP contribution in [0.25, 0.3) is 10.9 Å². The van der Waals surface area contributed by atoms with Crippen molar-refractivity contribution >= 4 is 32.5 Å². The van der Waals surface area contributed by atoms with Crippen LogP contribution in [-0.2, 0) is 23.0 Å². The number of carbonyl (C=O) groups excluding carboxylic acids is 1. The second kappa shape index (κ2) is 10.2. The predicted octanol–water partition coefficient (Wildman–Crippen LogP) is 3.41. The summed E-state index contributed by atoms with van der Waals surface area (Å²) in [7, 11) is -2.27. The van der Waals surface area contributed by atoms with Crippen LogP contribution in [0.2, 0.25) is 0 Å². The summed E-state index contributed by atoms with van der Waals surface area (Å²) in [6.07, 6.45) is 3.71. The van der Waals surface area contributed by atoms with E-state index >= 15 is 0 Å². The van der Waals surface area contributed by atoms with Crippen molar-refractivity contribution in [2.24, 2.45) is 0 Å². The van der Waals surface area contributed by atoms with Crippen LogP contribution in [0.1, 0.15) is 49.3 Å². The zero-order chi connectivity index (χ0) is 25.2. The van der Waals surface area contributed by atoms with E-state index in [1.807, 2.05) is 0 Å². The van der Waals surface area contributed by atoms with Gasteiger partial charge in [0.05, 0.1) is 28.6 Å². The summed E-state index contributed by atoms with van der Waals surface area (Å²) in [5.41, 5.74) is 0.929. The van der Waals surface area contributed by atoms with Crippen molar-refractivity contribution in [2.45, 2.75) is 51.0 Å². The molecule has 0 saturated carbocycles. The smallest absolute Gasteiger partial charge is 0.261 e. The first-order chi connectivity index (χ1) is 16.8. The molecule has 0 fully saturated rings. The van der Waals surface area contributed by atoms with Gasteiger partial charge >= 0.3 is 0 Å². The Labute approximate surface area is 204 Å². The fourth-order valence-corrected chi connectivity index (χ4v) is 5.90. The van der Waals surface area contributed by atoms with Crippen LogP contribution >= 0.6 is 0 Å². The van der Waals surface area contributed by atoms with E-state index in [-0.39, 0.29) is 16.1 Å². The molecule has 0 saturated heterocycles. The molecule has 0 aliphatic carbocycles. The number of benzene rings is 2. The second-order valence-electron chi connectivity index (χ2n) is 8.43. The third-order valence-corrected chi connectivity index (χ3v) is 8.39. The zero-order valence-corrected chi connectivity index (χ0v) is 21.0. The number of amides is 1. The molecule has 0 unspecified atom stereocenters. The van der Waals surface area contributed by atoms with Gasteiger partial charge in [0.25, 0.3) is 11.5 Å². The monoisotopic (exact) mass is 498 g/mol. The highest BCUT2D eigenvalue weighted by molar-refractivity contribution is 7.89. The van der Waals surface area contributed by atoms with E-state index < -0.39 is 15.9 Å². The van der Waals surface area contributed by atoms with Crippen LogP contribution in [0, 0.1) is 0 Å². The number of carbonyl (C=O) groups is 1. The van der Waals surface area contributed by atoms with Gasteiger partial charge in [0, 0.05) is 31.6 Å². The highest BCUT2D eigenvalue weighted by Crippen LogP contribution is 2.29. The Morgan fingerprint density at radius 3 is 2.60 bits per heavy atom. The van der Waals surface area contributed by atoms with Crippen LogP contribution in [0.3, 0.4) is 0 Å². The lowest BCUT2D eigenvalue weighted by Gasteiger charge is -2.19. The molecule has 1 amide bonds. The van der Waals surface area contributed by atoms with Gasteiger partial charge < -0.3 is 10.1 Å². The number of hydrogen-bond acceptors (Lipinski definition) is 6. The van der Waals surface area contributed by atoms with Crippen LogP contribution in [0.15, 0.2) is 46.1 Å². The summed E-state index contributed by atoms with van der Waals surface area (Å²) < 4.78 is 34.3. The van der Waals surface area contributed by atoms with Gasteiger partial charge in [0.1, 0.15) is 11.6 Å². The lowest BCUT2D eigenvalue weighted by Crippen LogP contribution is -2.30. The van der Waals surface area contributed by atoms with Gasteiger partial charge in [0.15, 0.2) is 0 Å². The highest BCUT2D eigenvalue weighted by atomic mass is 32.2. The third-order valence-electron chi connectivity index (χ3n) is 6.34. The maximum absolute atomic E-state index is 13.1. The van der Waals surface area contributed by atoms with Gasteiger partial charge in [-0.2, -0.15) is 4.31 Å². The Morgan fingerprint density at radius 1 is 1.11 bits per heavy atom. The second-order valence-corrected chi connectivity index (χ2v) is 10.4. The number of fused-ring (bicyclic) bond motifs is 2. The standard InChI is InChI=1S/C25H30N4O5S/c1-4-28(5-2)35(32,33)18-11-13-22(34-3)21(16-18)27-24(30)17-10-12-19-20(15-17)26-23-9-7-6-8-14-29(23)25(19)31/h10-13,15-16H,4-9,14H2,1-3H3,(H,27,30). The van der Waals surface area contributed by atoms with Crippen molar-refractivity contribution in [3.8, 4) is 5.75 Å². The molecule has 1 aliphatic rings. The summed E-state index contributed by atoms with van der Waals surface area (Å²) >= 11 is 0. The number of hydrogen-bond donors (Lipinski definition) is 1. The van der Waals surface area contributed by atoms with Crippen LogP contribution in [0.4, 0.5) is 5.69 Å². The van der Waals surface area contributed by atoms with E-state index in [1.54, 1.807) is 36.6 Å². The molecule has 4 rings (SSSR count). The van der Waals surface area contributed by atoms with Crippen molar-refractivity contribution < 1.29 is 17.9 Å². The average Bonchev–Trinajstić information content (AvgIpc) is 3.10. The maximum Gasteiger partial charge on any atom is 0.261 e. The van der Waals surface area contributed by atoms with E-state index in [4.69, 9.17) is 4.74 Å². The number of anilines is 1. The molecular formula is C25H30N4O5S. The van der Waals surface area contributed by atoms with Crippen molar-refractivity contribution in [3.05, 3.63) is 58.1 Å². The minimum absolute atomic E-state index is 0.0631. The number of aryl methyl sites for hydroxylation is 1. The normalized spacial score (nSPS) is 13.9. The Hall–Kier alpha value is -3.24. The van der Waals surface area contributed by atoms with E-state index in [2.05, 4.69) is 10.3 Å². The lowest BCUT2D eigenvalue weighted by atomic mass is 10.1. The third kappa shape index (κ3) is 4.81. The first-order valence-electron chi connectivity index (χ1n) is 11.8. The van der Waals surface area contributed by atoms with Crippen molar-refractivity contribution in [1.82, 2.24) is 13.9 Å². The van der Waals surface area contributed by atoms with Gasteiger partial charge in [-0.3, -0.25) is 14.2 Å². The molecule has 0 spiro atoms. The summed E-state index contributed by atoms with van der Waals surface area (Å²) in [5.74, 6) is 0.618. The van der Waals surface area contributed by atoms with Crippen molar-refractivity contribution in [1.29, 1.82) is 0 Å². The Morgan fingerprint density at radius 2 is 1.89 bits per heavy atom. The van der Waals surface area contributed by atoms with Gasteiger partial charge in [-0.15, -0.1) is 0 Å². The van der Waals surface area contributed by atoms with Gasteiger partial charge in [-0.1, -0.05) is 20.3 Å². The predicted molar refractivity (Wildman–Crippen MR) is 135 cm³/mol. The van der Waals surface area contributed by atoms with Crippen molar-refractivity contribution in [3.63, 3.8) is 0 Å². The quantitative estimate of drug-likeness (QED) is 0.535. The van der Waals surface area contributed by atoms with Crippen LogP contribution < -0.4 is 15.6 Å². The number of ether oxygens (including phenoxy) is 1. The Kier molecular flexibility index (Phi) is 7.23. The number of nitrogens with zero attached hydrogens (tertiary/aromatic N) is 3.